The molecule has 1 atom stereocenters. The van der Waals surface area contributed by atoms with E-state index in [1.54, 1.807) is 47.1 Å². The molecule has 0 aliphatic rings. The summed E-state index contributed by atoms with van der Waals surface area (Å²) in [5.41, 5.74) is 0.775. The predicted octanol–water partition coefficient (Wildman–Crippen LogP) is 3.46. The number of carbonyl (C=O) groups is 1. The minimum atomic E-state index is -0.566. The molecule has 1 amide bonds. The van der Waals surface area contributed by atoms with Gasteiger partial charge in [0, 0.05) is 26.0 Å². The molecule has 7 nitrogen and oxygen atoms in total. The van der Waals surface area contributed by atoms with Gasteiger partial charge in [-0.15, -0.1) is 0 Å². The summed E-state index contributed by atoms with van der Waals surface area (Å²) in [5, 5.41) is 5.94. The summed E-state index contributed by atoms with van der Waals surface area (Å²) in [6.07, 6.45) is -0.913. The van der Waals surface area contributed by atoms with Crippen molar-refractivity contribution in [1.29, 1.82) is 0 Å². The Morgan fingerprint density at radius 3 is 2.25 bits per heavy atom. The smallest absolute Gasteiger partial charge is 0.412 e. The van der Waals surface area contributed by atoms with Crippen LogP contribution in [0.4, 0.5) is 16.2 Å². The minimum Gasteiger partial charge on any atom is -0.494 e. The molecule has 0 bridgehead atoms. The number of anilines is 2. The molecule has 7 heteroatoms. The molecule has 24 heavy (non-hydrogen) atoms. The molecule has 2 N–H and O–H groups in total. The van der Waals surface area contributed by atoms with Gasteiger partial charge in [-0.2, -0.15) is 0 Å². The maximum Gasteiger partial charge on any atom is 0.412 e. The van der Waals surface area contributed by atoms with Crippen LogP contribution in [-0.2, 0) is 14.2 Å². The van der Waals surface area contributed by atoms with E-state index in [0.717, 1.165) is 5.69 Å². The van der Waals surface area contributed by atoms with Crippen LogP contribution in [0, 0.1) is 0 Å². The average molecular weight is 340 g/mol. The van der Waals surface area contributed by atoms with E-state index in [1.165, 1.54) is 7.11 Å². The predicted molar refractivity (Wildman–Crippen MR) is 93.7 cm³/mol. The fourth-order valence-electron chi connectivity index (χ4n) is 2.13. The van der Waals surface area contributed by atoms with E-state index < -0.39 is 11.7 Å². The highest BCUT2D eigenvalue weighted by Crippen LogP contribution is 2.29. The Morgan fingerprint density at radius 2 is 1.75 bits per heavy atom. The Bertz CT molecular complexity index is 538. The number of ether oxygens (including phenoxy) is 4. The summed E-state index contributed by atoms with van der Waals surface area (Å²) in [7, 11) is 4.71. The van der Waals surface area contributed by atoms with Crippen LogP contribution in [0.1, 0.15) is 27.7 Å². The van der Waals surface area contributed by atoms with Gasteiger partial charge in [0.1, 0.15) is 11.4 Å². The maximum atomic E-state index is 11.9. The average Bonchev–Trinajstić information content (AvgIpc) is 2.48. The third kappa shape index (κ3) is 6.25. The molecule has 0 aliphatic heterocycles. The lowest BCUT2D eigenvalue weighted by Crippen LogP contribution is -2.33. The summed E-state index contributed by atoms with van der Waals surface area (Å²) in [6, 6.07) is 5.28. The number of carbonyl (C=O) groups excluding carboxylic acids is 1. The van der Waals surface area contributed by atoms with Crippen LogP contribution in [0.3, 0.4) is 0 Å². The number of methoxy groups -OCH3 is 3. The van der Waals surface area contributed by atoms with Crippen LogP contribution in [0.25, 0.3) is 0 Å². The van der Waals surface area contributed by atoms with Gasteiger partial charge < -0.3 is 24.3 Å². The van der Waals surface area contributed by atoms with Crippen molar-refractivity contribution < 1.29 is 23.7 Å². The number of hydrogen-bond acceptors (Lipinski definition) is 6. The van der Waals surface area contributed by atoms with E-state index in [2.05, 4.69) is 10.6 Å². The van der Waals surface area contributed by atoms with Crippen molar-refractivity contribution >= 4 is 17.5 Å². The lowest BCUT2D eigenvalue weighted by molar-refractivity contribution is -0.109. The molecular weight excluding hydrogens is 312 g/mol. The van der Waals surface area contributed by atoms with Crippen LogP contribution >= 0.6 is 0 Å². The van der Waals surface area contributed by atoms with E-state index in [-0.39, 0.29) is 12.3 Å². The molecule has 136 valence electrons. The first kappa shape index (κ1) is 20.1. The van der Waals surface area contributed by atoms with Crippen molar-refractivity contribution in [1.82, 2.24) is 0 Å². The van der Waals surface area contributed by atoms with Crippen molar-refractivity contribution in [2.75, 3.05) is 32.0 Å². The molecule has 1 aromatic rings. The lowest BCUT2D eigenvalue weighted by atomic mass is 10.2. The largest absolute Gasteiger partial charge is 0.494 e. The first-order valence-electron chi connectivity index (χ1n) is 7.70. The summed E-state index contributed by atoms with van der Waals surface area (Å²) >= 11 is 0. The van der Waals surface area contributed by atoms with Gasteiger partial charge in [0.25, 0.3) is 0 Å². The van der Waals surface area contributed by atoms with E-state index in [9.17, 15) is 4.79 Å². The molecule has 0 fully saturated rings. The van der Waals surface area contributed by atoms with E-state index in [1.807, 2.05) is 13.0 Å². The van der Waals surface area contributed by atoms with Crippen molar-refractivity contribution in [3.63, 3.8) is 0 Å². The second-order valence-corrected chi connectivity index (χ2v) is 6.31. The van der Waals surface area contributed by atoms with Crippen LogP contribution in [0.15, 0.2) is 18.2 Å². The highest BCUT2D eigenvalue weighted by molar-refractivity contribution is 5.87. The number of benzene rings is 1. The topological polar surface area (TPSA) is 78.0 Å². The van der Waals surface area contributed by atoms with Gasteiger partial charge in [0.2, 0.25) is 0 Å². The molecule has 1 rings (SSSR count). The van der Waals surface area contributed by atoms with Crippen LogP contribution in [0.2, 0.25) is 0 Å². The Hall–Kier alpha value is -1.99. The minimum absolute atomic E-state index is 0.0747. The third-order valence-corrected chi connectivity index (χ3v) is 3.10. The molecule has 0 saturated heterocycles. The van der Waals surface area contributed by atoms with Gasteiger partial charge in [-0.05, 0) is 39.8 Å². The van der Waals surface area contributed by atoms with Gasteiger partial charge in [-0.3, -0.25) is 5.32 Å². The number of amides is 1. The lowest BCUT2D eigenvalue weighted by Gasteiger charge is -2.24. The zero-order chi connectivity index (χ0) is 18.3. The normalized spacial score (nSPS) is 12.7. The fourth-order valence-corrected chi connectivity index (χ4v) is 2.13. The standard InChI is InChI=1S/C17H28N2O5/c1-11(15(22-6)23-7)18-12-8-9-13(14(10-12)21-5)19-16(20)24-17(2,3)4/h8-11,15,18H,1-7H3,(H,19,20). The molecule has 0 saturated carbocycles. The summed E-state index contributed by atoms with van der Waals surface area (Å²) in [6.45, 7) is 7.36. The first-order valence-corrected chi connectivity index (χ1v) is 7.70. The van der Waals surface area contributed by atoms with E-state index in [0.29, 0.717) is 11.4 Å². The van der Waals surface area contributed by atoms with E-state index >= 15 is 0 Å². The number of rotatable bonds is 7. The van der Waals surface area contributed by atoms with Gasteiger partial charge in [-0.1, -0.05) is 0 Å². The molecule has 1 unspecified atom stereocenters. The molecule has 0 radical (unpaired) electrons. The summed E-state index contributed by atoms with van der Waals surface area (Å²) < 4.78 is 21.0. The monoisotopic (exact) mass is 340 g/mol. The first-order chi connectivity index (χ1) is 11.2. The third-order valence-electron chi connectivity index (χ3n) is 3.10. The van der Waals surface area contributed by atoms with Gasteiger partial charge in [0.05, 0.1) is 18.8 Å². The van der Waals surface area contributed by atoms with Crippen molar-refractivity contribution in [2.45, 2.75) is 45.6 Å². The summed E-state index contributed by atoms with van der Waals surface area (Å²) in [5.74, 6) is 0.518. The van der Waals surface area contributed by atoms with Crippen molar-refractivity contribution in [2.24, 2.45) is 0 Å². The fraction of sp³-hybridized carbons (Fsp3) is 0.588. The molecular formula is C17H28N2O5. The Labute approximate surface area is 143 Å². The second kappa shape index (κ2) is 8.75. The van der Waals surface area contributed by atoms with Crippen LogP contribution < -0.4 is 15.4 Å². The van der Waals surface area contributed by atoms with Crippen molar-refractivity contribution in [3.8, 4) is 5.75 Å². The van der Waals surface area contributed by atoms with Crippen molar-refractivity contribution in [3.05, 3.63) is 18.2 Å². The van der Waals surface area contributed by atoms with Crippen LogP contribution in [-0.4, -0.2) is 45.4 Å². The molecule has 1 aromatic carbocycles. The van der Waals surface area contributed by atoms with Gasteiger partial charge in [0.15, 0.2) is 6.29 Å². The Morgan fingerprint density at radius 1 is 1.12 bits per heavy atom. The van der Waals surface area contributed by atoms with Gasteiger partial charge >= 0.3 is 6.09 Å². The maximum absolute atomic E-state index is 11.9. The highest BCUT2D eigenvalue weighted by Gasteiger charge is 2.19. The molecule has 0 aromatic heterocycles. The Balaban J connectivity index is 2.83. The van der Waals surface area contributed by atoms with Gasteiger partial charge in [-0.25, -0.2) is 4.79 Å². The Kier molecular flexibility index (Phi) is 7.31. The second-order valence-electron chi connectivity index (χ2n) is 6.31. The number of nitrogens with one attached hydrogen (secondary N) is 2. The van der Waals surface area contributed by atoms with Crippen LogP contribution in [0.5, 0.6) is 5.75 Å². The SMILES string of the molecule is COc1cc(NC(C)C(OC)OC)ccc1NC(=O)OC(C)(C)C. The molecule has 0 spiro atoms. The van der Waals surface area contributed by atoms with E-state index in [4.69, 9.17) is 18.9 Å². The summed E-state index contributed by atoms with van der Waals surface area (Å²) in [4.78, 5) is 11.9. The zero-order valence-corrected chi connectivity index (χ0v) is 15.4. The zero-order valence-electron chi connectivity index (χ0n) is 15.4. The quantitative estimate of drug-likeness (QED) is 0.740. The molecule has 0 aliphatic carbocycles. The molecule has 0 heterocycles. The highest BCUT2D eigenvalue weighted by atomic mass is 16.7. The number of hydrogen-bond donors (Lipinski definition) is 2.